The maximum Gasteiger partial charge on any atom is 0.333 e. The van der Waals surface area contributed by atoms with Crippen molar-refractivity contribution in [1.82, 2.24) is 10.3 Å². The highest BCUT2D eigenvalue weighted by atomic mass is 79.9. The van der Waals surface area contributed by atoms with Crippen LogP contribution in [0.3, 0.4) is 0 Å². The van der Waals surface area contributed by atoms with Gasteiger partial charge in [-0.2, -0.15) is 0 Å². The van der Waals surface area contributed by atoms with Crippen molar-refractivity contribution in [2.45, 2.75) is 13.0 Å². The van der Waals surface area contributed by atoms with Crippen molar-refractivity contribution in [3.8, 4) is 5.75 Å². The summed E-state index contributed by atoms with van der Waals surface area (Å²) in [4.78, 5) is 28.7. The molecule has 0 saturated heterocycles. The van der Waals surface area contributed by atoms with Crippen LogP contribution in [-0.2, 0) is 9.53 Å². The smallest absolute Gasteiger partial charge is 0.333 e. The molecule has 8 heteroatoms. The van der Waals surface area contributed by atoms with Gasteiger partial charge in [-0.3, -0.25) is 9.78 Å². The Hall–Kier alpha value is -1.93. The minimum atomic E-state index is -0.910. The highest BCUT2D eigenvalue weighted by molar-refractivity contribution is 9.10. The maximum atomic E-state index is 12.2. The zero-order chi connectivity index (χ0) is 16.8. The normalized spacial score (nSPS) is 11.6. The van der Waals surface area contributed by atoms with Crippen molar-refractivity contribution < 1.29 is 19.1 Å². The molecule has 1 heterocycles. The van der Waals surface area contributed by atoms with Gasteiger partial charge < -0.3 is 14.8 Å². The first-order valence-electron chi connectivity index (χ1n) is 6.76. The molecule has 0 aliphatic rings. The predicted octanol–water partition coefficient (Wildman–Crippen LogP) is 2.95. The number of rotatable bonds is 6. The standard InChI is InChI=1S/C15H15BrN2O4S/c1-3-22-15(20)13(18-14(19)12-7-17-8-23-12)9-4-5-11(21-2)10(16)6-9/h4-8,13H,3H2,1-2H3,(H,18,19). The quantitative estimate of drug-likeness (QED) is 0.756. The van der Waals surface area contributed by atoms with E-state index < -0.39 is 12.0 Å². The summed E-state index contributed by atoms with van der Waals surface area (Å²) in [6, 6.07) is 4.22. The van der Waals surface area contributed by atoms with E-state index >= 15 is 0 Å². The van der Waals surface area contributed by atoms with Crippen LogP contribution < -0.4 is 10.1 Å². The van der Waals surface area contributed by atoms with Crippen molar-refractivity contribution in [3.63, 3.8) is 0 Å². The van der Waals surface area contributed by atoms with Crippen molar-refractivity contribution in [1.29, 1.82) is 0 Å². The van der Waals surface area contributed by atoms with Crippen LogP contribution in [0.1, 0.15) is 28.2 Å². The number of amides is 1. The van der Waals surface area contributed by atoms with Crippen LogP contribution in [0.2, 0.25) is 0 Å². The van der Waals surface area contributed by atoms with Gasteiger partial charge in [-0.15, -0.1) is 11.3 Å². The van der Waals surface area contributed by atoms with Crippen LogP contribution in [0.25, 0.3) is 0 Å². The molecule has 1 aromatic carbocycles. The van der Waals surface area contributed by atoms with Gasteiger partial charge >= 0.3 is 5.97 Å². The summed E-state index contributed by atoms with van der Waals surface area (Å²) >= 11 is 4.57. The molecule has 0 bridgehead atoms. The highest BCUT2D eigenvalue weighted by Gasteiger charge is 2.25. The summed E-state index contributed by atoms with van der Waals surface area (Å²) < 4.78 is 10.9. The number of hydrogen-bond acceptors (Lipinski definition) is 6. The Kier molecular flexibility index (Phi) is 6.12. The number of thiazole rings is 1. The van der Waals surface area contributed by atoms with Crippen LogP contribution in [0.4, 0.5) is 0 Å². The molecule has 0 spiro atoms. The summed E-state index contributed by atoms with van der Waals surface area (Å²) in [6.45, 7) is 1.94. The molecule has 1 aromatic heterocycles. The molecule has 1 amide bonds. The molecule has 1 N–H and O–H groups in total. The Balaban J connectivity index is 2.28. The number of halogens is 1. The van der Waals surface area contributed by atoms with E-state index in [1.807, 2.05) is 0 Å². The first-order chi connectivity index (χ1) is 11.1. The minimum Gasteiger partial charge on any atom is -0.496 e. The molecule has 1 atom stereocenters. The van der Waals surface area contributed by atoms with Gasteiger partial charge in [0.15, 0.2) is 6.04 Å². The monoisotopic (exact) mass is 398 g/mol. The van der Waals surface area contributed by atoms with Gasteiger partial charge in [-0.05, 0) is 40.5 Å². The molecule has 122 valence electrons. The van der Waals surface area contributed by atoms with Gasteiger partial charge in [-0.25, -0.2) is 4.79 Å². The molecule has 1 unspecified atom stereocenters. The lowest BCUT2D eigenvalue weighted by Crippen LogP contribution is -2.34. The molecule has 2 aromatic rings. The van der Waals surface area contributed by atoms with E-state index in [0.717, 1.165) is 0 Å². The molecule has 0 aliphatic carbocycles. The third kappa shape index (κ3) is 4.29. The molecular weight excluding hydrogens is 384 g/mol. The van der Waals surface area contributed by atoms with Gasteiger partial charge in [0.2, 0.25) is 0 Å². The topological polar surface area (TPSA) is 77.5 Å². The second-order valence-electron chi connectivity index (χ2n) is 4.42. The van der Waals surface area contributed by atoms with Crippen LogP contribution in [0.5, 0.6) is 5.75 Å². The van der Waals surface area contributed by atoms with Gasteiger partial charge in [0.25, 0.3) is 5.91 Å². The number of carbonyl (C=O) groups is 2. The second kappa shape index (κ2) is 8.07. The summed E-state index contributed by atoms with van der Waals surface area (Å²) in [5, 5.41) is 2.68. The van der Waals surface area contributed by atoms with E-state index in [1.165, 1.54) is 17.5 Å². The minimum absolute atomic E-state index is 0.225. The van der Waals surface area contributed by atoms with Crippen molar-refractivity contribution in [2.24, 2.45) is 0 Å². The SMILES string of the molecule is CCOC(=O)C(NC(=O)c1cncs1)c1ccc(OC)c(Br)c1. The number of nitrogens with one attached hydrogen (secondary N) is 1. The first kappa shape index (κ1) is 17.4. The van der Waals surface area contributed by atoms with Crippen LogP contribution in [0.15, 0.2) is 34.4 Å². The Labute approximate surface area is 146 Å². The number of methoxy groups -OCH3 is 1. The maximum absolute atomic E-state index is 12.2. The lowest BCUT2D eigenvalue weighted by atomic mass is 10.1. The third-order valence-corrected chi connectivity index (χ3v) is 4.35. The predicted molar refractivity (Wildman–Crippen MR) is 89.6 cm³/mol. The van der Waals surface area contributed by atoms with Crippen molar-refractivity contribution in [3.05, 3.63) is 44.8 Å². The van der Waals surface area contributed by atoms with Crippen LogP contribution >= 0.6 is 27.3 Å². The second-order valence-corrected chi connectivity index (χ2v) is 6.16. The Morgan fingerprint density at radius 3 is 2.78 bits per heavy atom. The number of nitrogens with zero attached hydrogens (tertiary/aromatic N) is 1. The largest absolute Gasteiger partial charge is 0.496 e. The molecule has 0 radical (unpaired) electrons. The molecular formula is C15H15BrN2O4S. The zero-order valence-corrected chi connectivity index (χ0v) is 14.9. The van der Waals surface area contributed by atoms with Gasteiger partial charge in [0.1, 0.15) is 10.6 Å². The molecule has 6 nitrogen and oxygen atoms in total. The highest BCUT2D eigenvalue weighted by Crippen LogP contribution is 2.28. The summed E-state index contributed by atoms with van der Waals surface area (Å²) in [6.07, 6.45) is 1.45. The molecule has 0 saturated carbocycles. The van der Waals surface area contributed by atoms with E-state index in [1.54, 1.807) is 37.7 Å². The van der Waals surface area contributed by atoms with Gasteiger partial charge in [0.05, 0.1) is 29.9 Å². The number of carbonyl (C=O) groups excluding carboxylic acids is 2. The number of esters is 1. The fraction of sp³-hybridized carbons (Fsp3) is 0.267. The average Bonchev–Trinajstić information content (AvgIpc) is 3.07. The lowest BCUT2D eigenvalue weighted by Gasteiger charge is -2.18. The lowest BCUT2D eigenvalue weighted by molar-refractivity contribution is -0.145. The van der Waals surface area contributed by atoms with Crippen LogP contribution in [0, 0.1) is 0 Å². The van der Waals surface area contributed by atoms with E-state index in [-0.39, 0.29) is 12.5 Å². The molecule has 23 heavy (non-hydrogen) atoms. The Morgan fingerprint density at radius 2 is 2.22 bits per heavy atom. The van der Waals surface area contributed by atoms with Crippen molar-refractivity contribution >= 4 is 39.1 Å². The number of hydrogen-bond donors (Lipinski definition) is 1. The van der Waals surface area contributed by atoms with Crippen molar-refractivity contribution in [2.75, 3.05) is 13.7 Å². The molecule has 0 aliphatic heterocycles. The summed E-state index contributed by atoms with van der Waals surface area (Å²) in [5.41, 5.74) is 2.15. The Morgan fingerprint density at radius 1 is 1.43 bits per heavy atom. The summed E-state index contributed by atoms with van der Waals surface area (Å²) in [7, 11) is 1.55. The van der Waals surface area contributed by atoms with Crippen LogP contribution in [-0.4, -0.2) is 30.6 Å². The number of aromatic nitrogens is 1. The van der Waals surface area contributed by atoms with E-state index in [0.29, 0.717) is 20.7 Å². The van der Waals surface area contributed by atoms with E-state index in [9.17, 15) is 9.59 Å². The fourth-order valence-corrected chi connectivity index (χ4v) is 2.98. The molecule has 0 fully saturated rings. The van der Waals surface area contributed by atoms with E-state index in [4.69, 9.17) is 9.47 Å². The van der Waals surface area contributed by atoms with Gasteiger partial charge in [0, 0.05) is 0 Å². The van der Waals surface area contributed by atoms with Gasteiger partial charge in [-0.1, -0.05) is 6.07 Å². The summed E-state index contributed by atoms with van der Waals surface area (Å²) in [5.74, 6) is -0.273. The first-order valence-corrected chi connectivity index (χ1v) is 8.43. The molecule has 2 rings (SSSR count). The Bertz CT molecular complexity index is 691. The zero-order valence-electron chi connectivity index (χ0n) is 12.5. The van der Waals surface area contributed by atoms with E-state index in [2.05, 4.69) is 26.2 Å². The fourth-order valence-electron chi connectivity index (χ4n) is 1.90. The average molecular weight is 399 g/mol. The third-order valence-electron chi connectivity index (χ3n) is 2.96. The number of benzene rings is 1. The number of ether oxygens (including phenoxy) is 2.